The van der Waals surface area contributed by atoms with Crippen LogP contribution in [0, 0.1) is 6.92 Å². The fourth-order valence-corrected chi connectivity index (χ4v) is 1.85. The zero-order valence-electron chi connectivity index (χ0n) is 9.35. The summed E-state index contributed by atoms with van der Waals surface area (Å²) in [5, 5.41) is 12.5. The molecule has 17 heavy (non-hydrogen) atoms. The third-order valence-corrected chi connectivity index (χ3v) is 3.08. The molecule has 6 nitrogen and oxygen atoms in total. The van der Waals surface area contributed by atoms with E-state index in [9.17, 15) is 4.79 Å². The van der Waals surface area contributed by atoms with Crippen LogP contribution in [0.15, 0.2) is 6.20 Å². The van der Waals surface area contributed by atoms with Crippen LogP contribution in [0.4, 0.5) is 10.7 Å². The van der Waals surface area contributed by atoms with Crippen LogP contribution in [0.2, 0.25) is 5.02 Å². The number of aromatic nitrogens is 2. The van der Waals surface area contributed by atoms with Gasteiger partial charge in [0, 0.05) is 19.1 Å². The zero-order chi connectivity index (χ0) is 12.4. The number of amides is 1. The minimum Gasteiger partial charge on any atom is -0.465 e. The van der Waals surface area contributed by atoms with Crippen molar-refractivity contribution in [3.63, 3.8) is 0 Å². The number of hydrogen-bond donors (Lipinski definition) is 2. The van der Waals surface area contributed by atoms with Crippen molar-refractivity contribution in [1.82, 2.24) is 14.9 Å². The second kappa shape index (κ2) is 4.75. The number of nitrogens with zero attached hydrogens (tertiary/aromatic N) is 3. The first-order chi connectivity index (χ1) is 8.06. The number of carboxylic acid groups (broad SMARTS) is 1. The summed E-state index contributed by atoms with van der Waals surface area (Å²) in [6.07, 6.45) is 1.41. The van der Waals surface area contributed by atoms with Crippen LogP contribution >= 0.6 is 11.6 Å². The summed E-state index contributed by atoms with van der Waals surface area (Å²) in [7, 11) is 0. The third kappa shape index (κ3) is 2.76. The Balaban J connectivity index is 1.98. The van der Waals surface area contributed by atoms with E-state index in [0.29, 0.717) is 29.8 Å². The van der Waals surface area contributed by atoms with Crippen LogP contribution in [-0.2, 0) is 0 Å². The van der Waals surface area contributed by atoms with Gasteiger partial charge >= 0.3 is 6.09 Å². The van der Waals surface area contributed by atoms with Gasteiger partial charge in [0.15, 0.2) is 0 Å². The summed E-state index contributed by atoms with van der Waals surface area (Å²) >= 11 is 5.82. The van der Waals surface area contributed by atoms with E-state index < -0.39 is 6.09 Å². The average Bonchev–Trinajstić information content (AvgIpc) is 2.72. The highest BCUT2D eigenvalue weighted by Gasteiger charge is 2.26. The molecule has 92 valence electrons. The van der Waals surface area contributed by atoms with Crippen molar-refractivity contribution < 1.29 is 9.90 Å². The molecule has 0 saturated carbocycles. The molecule has 1 aromatic rings. The highest BCUT2D eigenvalue weighted by atomic mass is 35.5. The van der Waals surface area contributed by atoms with Gasteiger partial charge < -0.3 is 15.3 Å². The smallest absolute Gasteiger partial charge is 0.407 e. The highest BCUT2D eigenvalue weighted by molar-refractivity contribution is 6.31. The van der Waals surface area contributed by atoms with E-state index in [1.807, 2.05) is 0 Å². The maximum atomic E-state index is 10.7. The molecule has 1 atom stereocenters. The molecule has 1 saturated heterocycles. The van der Waals surface area contributed by atoms with E-state index in [1.54, 1.807) is 6.92 Å². The fourth-order valence-electron chi connectivity index (χ4n) is 1.76. The molecule has 0 aliphatic carbocycles. The lowest BCUT2D eigenvalue weighted by Gasteiger charge is -2.14. The molecule has 0 bridgehead atoms. The highest BCUT2D eigenvalue weighted by Crippen LogP contribution is 2.16. The topological polar surface area (TPSA) is 78.4 Å². The Bertz CT molecular complexity index is 440. The normalized spacial score (nSPS) is 19.4. The standard InChI is InChI=1S/C10H13ClN4O2/c1-6-8(11)4-12-9(13-6)14-7-2-3-15(5-7)10(16)17/h4,7H,2-3,5H2,1H3,(H,16,17)(H,12,13,14). The molecule has 1 aromatic heterocycles. The first kappa shape index (κ1) is 11.9. The number of likely N-dealkylation sites (tertiary alicyclic amines) is 1. The maximum Gasteiger partial charge on any atom is 0.407 e. The van der Waals surface area contributed by atoms with E-state index in [2.05, 4.69) is 15.3 Å². The number of aryl methyl sites for hydroxylation is 1. The van der Waals surface area contributed by atoms with Crippen molar-refractivity contribution in [1.29, 1.82) is 0 Å². The summed E-state index contributed by atoms with van der Waals surface area (Å²) in [4.78, 5) is 20.4. The van der Waals surface area contributed by atoms with Gasteiger partial charge in [-0.3, -0.25) is 0 Å². The van der Waals surface area contributed by atoms with Gasteiger partial charge in [-0.05, 0) is 13.3 Å². The summed E-state index contributed by atoms with van der Waals surface area (Å²) in [6, 6.07) is 0.0617. The number of nitrogens with one attached hydrogen (secondary N) is 1. The minimum atomic E-state index is -0.887. The van der Waals surface area contributed by atoms with Gasteiger partial charge in [0.05, 0.1) is 16.9 Å². The molecule has 0 radical (unpaired) electrons. The van der Waals surface area contributed by atoms with Gasteiger partial charge in [-0.1, -0.05) is 11.6 Å². The number of anilines is 1. The Hall–Kier alpha value is -1.56. The summed E-state index contributed by atoms with van der Waals surface area (Å²) in [5.74, 6) is 0.490. The van der Waals surface area contributed by atoms with Crippen LogP contribution in [0.5, 0.6) is 0 Å². The first-order valence-corrected chi connectivity index (χ1v) is 5.67. The SMILES string of the molecule is Cc1nc(NC2CCN(C(=O)O)C2)ncc1Cl. The predicted octanol–water partition coefficient (Wildman–Crippen LogP) is 1.60. The number of hydrogen-bond acceptors (Lipinski definition) is 4. The molecule has 1 amide bonds. The molecule has 1 unspecified atom stereocenters. The Labute approximate surface area is 104 Å². The molecule has 2 heterocycles. The molecule has 1 fully saturated rings. The molecule has 7 heteroatoms. The van der Waals surface area contributed by atoms with Crippen molar-refractivity contribution in [2.24, 2.45) is 0 Å². The van der Waals surface area contributed by atoms with Crippen molar-refractivity contribution in [3.8, 4) is 0 Å². The van der Waals surface area contributed by atoms with E-state index in [-0.39, 0.29) is 6.04 Å². The van der Waals surface area contributed by atoms with Gasteiger partial charge in [-0.25, -0.2) is 14.8 Å². The van der Waals surface area contributed by atoms with E-state index >= 15 is 0 Å². The van der Waals surface area contributed by atoms with Crippen molar-refractivity contribution >= 4 is 23.6 Å². The lowest BCUT2D eigenvalue weighted by atomic mass is 10.3. The lowest BCUT2D eigenvalue weighted by Crippen LogP contribution is -2.30. The Morgan fingerprint density at radius 1 is 1.71 bits per heavy atom. The predicted molar refractivity (Wildman–Crippen MR) is 63.4 cm³/mol. The average molecular weight is 257 g/mol. The fraction of sp³-hybridized carbons (Fsp3) is 0.500. The lowest BCUT2D eigenvalue weighted by molar-refractivity contribution is 0.155. The third-order valence-electron chi connectivity index (χ3n) is 2.71. The number of halogens is 1. The zero-order valence-corrected chi connectivity index (χ0v) is 10.1. The van der Waals surface area contributed by atoms with Crippen molar-refractivity contribution in [3.05, 3.63) is 16.9 Å². The molecule has 1 aliphatic rings. The molecule has 0 aromatic carbocycles. The van der Waals surface area contributed by atoms with Gasteiger partial charge in [-0.15, -0.1) is 0 Å². The van der Waals surface area contributed by atoms with Gasteiger partial charge in [0.1, 0.15) is 0 Å². The molecule has 1 aliphatic heterocycles. The summed E-state index contributed by atoms with van der Waals surface area (Å²) in [5.41, 5.74) is 0.706. The van der Waals surface area contributed by atoms with E-state index in [0.717, 1.165) is 6.42 Å². The van der Waals surface area contributed by atoms with Crippen LogP contribution < -0.4 is 5.32 Å². The Morgan fingerprint density at radius 3 is 3.06 bits per heavy atom. The van der Waals surface area contributed by atoms with Crippen LogP contribution in [0.25, 0.3) is 0 Å². The second-order valence-electron chi connectivity index (χ2n) is 3.99. The second-order valence-corrected chi connectivity index (χ2v) is 4.39. The number of carbonyl (C=O) groups is 1. The van der Waals surface area contributed by atoms with Crippen LogP contribution in [0.1, 0.15) is 12.1 Å². The molecule has 2 N–H and O–H groups in total. The molecular weight excluding hydrogens is 244 g/mol. The summed E-state index contributed by atoms with van der Waals surface area (Å²) in [6.45, 7) is 2.80. The molecule has 0 spiro atoms. The summed E-state index contributed by atoms with van der Waals surface area (Å²) < 4.78 is 0. The molecule has 2 rings (SSSR count). The van der Waals surface area contributed by atoms with E-state index in [4.69, 9.17) is 16.7 Å². The first-order valence-electron chi connectivity index (χ1n) is 5.30. The quantitative estimate of drug-likeness (QED) is 0.840. The largest absolute Gasteiger partial charge is 0.465 e. The van der Waals surface area contributed by atoms with Crippen LogP contribution in [-0.4, -0.2) is 45.2 Å². The maximum absolute atomic E-state index is 10.7. The minimum absolute atomic E-state index is 0.0617. The van der Waals surface area contributed by atoms with Gasteiger partial charge in [0.25, 0.3) is 0 Å². The van der Waals surface area contributed by atoms with Crippen molar-refractivity contribution in [2.75, 3.05) is 18.4 Å². The van der Waals surface area contributed by atoms with Crippen molar-refractivity contribution in [2.45, 2.75) is 19.4 Å². The Kier molecular flexibility index (Phi) is 3.33. The van der Waals surface area contributed by atoms with Gasteiger partial charge in [0.2, 0.25) is 5.95 Å². The monoisotopic (exact) mass is 256 g/mol. The van der Waals surface area contributed by atoms with Gasteiger partial charge in [-0.2, -0.15) is 0 Å². The van der Waals surface area contributed by atoms with E-state index in [1.165, 1.54) is 11.1 Å². The number of rotatable bonds is 2. The molecular formula is C10H13ClN4O2. The van der Waals surface area contributed by atoms with Crippen LogP contribution in [0.3, 0.4) is 0 Å². The Morgan fingerprint density at radius 2 is 2.47 bits per heavy atom.